The molecule has 0 spiro atoms. The maximum atomic E-state index is 9.41. The van der Waals surface area contributed by atoms with Gasteiger partial charge in [-0.3, -0.25) is 14.6 Å². The lowest BCUT2D eigenvalue weighted by Gasteiger charge is -2.37. The summed E-state index contributed by atoms with van der Waals surface area (Å²) in [7, 11) is 2.11. The van der Waals surface area contributed by atoms with E-state index in [2.05, 4.69) is 38.1 Å². The van der Waals surface area contributed by atoms with E-state index in [-0.39, 0.29) is 6.23 Å². The van der Waals surface area contributed by atoms with Crippen molar-refractivity contribution in [1.82, 2.24) is 34.6 Å². The van der Waals surface area contributed by atoms with Crippen LogP contribution in [0.15, 0.2) is 55.0 Å². The summed E-state index contributed by atoms with van der Waals surface area (Å²) in [6.45, 7) is 3.72. The van der Waals surface area contributed by atoms with Gasteiger partial charge >= 0.3 is 0 Å². The number of benzene rings is 2. The fourth-order valence-corrected chi connectivity index (χ4v) is 4.89. The van der Waals surface area contributed by atoms with E-state index in [0.717, 1.165) is 54.1 Å². The van der Waals surface area contributed by atoms with Gasteiger partial charge in [0.1, 0.15) is 23.2 Å². The SMILES string of the molecule is Cc1nc2ccc(OC3CC(Cn4cc(-c5cnc6cccc(C#N)c6n5)cn4)CCN3C)cc2[nH]1. The Hall–Kier alpha value is -4.29. The summed E-state index contributed by atoms with van der Waals surface area (Å²) in [6, 6.07) is 13.7. The number of imidazole rings is 1. The van der Waals surface area contributed by atoms with Crippen molar-refractivity contribution in [1.29, 1.82) is 5.26 Å². The van der Waals surface area contributed by atoms with Gasteiger partial charge in [0, 0.05) is 37.3 Å². The predicted octanol–water partition coefficient (Wildman–Crippen LogP) is 4.30. The molecule has 2 atom stereocenters. The highest BCUT2D eigenvalue weighted by atomic mass is 16.5. The van der Waals surface area contributed by atoms with Gasteiger partial charge in [0.2, 0.25) is 0 Å². The van der Waals surface area contributed by atoms with Crippen LogP contribution >= 0.6 is 0 Å². The van der Waals surface area contributed by atoms with Gasteiger partial charge in [-0.25, -0.2) is 9.97 Å². The number of ether oxygens (including phenoxy) is 1. The first-order valence-corrected chi connectivity index (χ1v) is 12.1. The van der Waals surface area contributed by atoms with Crippen LogP contribution in [0.3, 0.4) is 0 Å². The molecule has 0 saturated carbocycles. The highest BCUT2D eigenvalue weighted by molar-refractivity contribution is 5.82. The van der Waals surface area contributed by atoms with Crippen molar-refractivity contribution in [2.45, 2.75) is 32.5 Å². The number of likely N-dealkylation sites (tertiary alicyclic amines) is 1. The van der Waals surface area contributed by atoms with Gasteiger partial charge in [-0.15, -0.1) is 0 Å². The molecule has 0 aliphatic carbocycles. The Morgan fingerprint density at radius 3 is 2.97 bits per heavy atom. The van der Waals surface area contributed by atoms with Crippen molar-refractivity contribution in [2.24, 2.45) is 5.92 Å². The molecular formula is C27H26N8O. The Kier molecular flexibility index (Phi) is 5.58. The van der Waals surface area contributed by atoms with Crippen LogP contribution in [0.1, 0.15) is 24.2 Å². The van der Waals surface area contributed by atoms with Crippen LogP contribution in [0.25, 0.3) is 33.3 Å². The lowest BCUT2D eigenvalue weighted by molar-refractivity contribution is -0.0102. The minimum absolute atomic E-state index is 0.00370. The highest BCUT2D eigenvalue weighted by Crippen LogP contribution is 2.28. The molecule has 180 valence electrons. The quantitative estimate of drug-likeness (QED) is 0.401. The number of aryl methyl sites for hydroxylation is 1. The second-order valence-electron chi connectivity index (χ2n) is 9.44. The van der Waals surface area contributed by atoms with Gasteiger partial charge in [-0.1, -0.05) is 6.07 Å². The number of H-pyrrole nitrogens is 1. The molecule has 4 heterocycles. The Morgan fingerprint density at radius 1 is 1.17 bits per heavy atom. The number of nitrogens with one attached hydrogen (secondary N) is 1. The first-order valence-electron chi connectivity index (χ1n) is 12.1. The van der Waals surface area contributed by atoms with Crippen LogP contribution in [-0.2, 0) is 6.54 Å². The van der Waals surface area contributed by atoms with Gasteiger partial charge in [0.05, 0.1) is 40.2 Å². The number of nitriles is 1. The van der Waals surface area contributed by atoms with Crippen LogP contribution < -0.4 is 4.74 Å². The molecule has 0 bridgehead atoms. The number of aromatic amines is 1. The van der Waals surface area contributed by atoms with Gasteiger partial charge in [0.25, 0.3) is 0 Å². The van der Waals surface area contributed by atoms with E-state index in [9.17, 15) is 5.26 Å². The molecule has 3 aromatic heterocycles. The minimum Gasteiger partial charge on any atom is -0.475 e. The average Bonchev–Trinajstić information content (AvgIpc) is 3.50. The standard InChI is InChI=1S/C27H26N8O/c1-17-31-22-7-6-21(11-24(22)32-17)36-26-10-18(8-9-34(26)2)15-35-16-20(13-30-35)25-14-29-23-5-3-4-19(12-28)27(23)33-25/h3-7,11,13-14,16,18,26H,8-10,15H2,1-2H3,(H,31,32). The number of hydrogen-bond donors (Lipinski definition) is 1. The van der Waals surface area contributed by atoms with Crippen LogP contribution in [0.5, 0.6) is 5.75 Å². The molecule has 9 nitrogen and oxygen atoms in total. The normalized spacial score (nSPS) is 18.5. The maximum Gasteiger partial charge on any atom is 0.152 e. The maximum absolute atomic E-state index is 9.41. The number of rotatable bonds is 5. The smallest absolute Gasteiger partial charge is 0.152 e. The number of para-hydroxylation sites is 1. The zero-order valence-electron chi connectivity index (χ0n) is 20.2. The molecule has 5 aromatic rings. The van der Waals surface area contributed by atoms with E-state index >= 15 is 0 Å². The molecule has 1 aliphatic rings. The molecular weight excluding hydrogens is 452 g/mol. The van der Waals surface area contributed by atoms with Crippen molar-refractivity contribution in [3.63, 3.8) is 0 Å². The summed E-state index contributed by atoms with van der Waals surface area (Å²) in [5, 5.41) is 14.0. The fourth-order valence-electron chi connectivity index (χ4n) is 4.89. The van der Waals surface area contributed by atoms with Gasteiger partial charge in [0.15, 0.2) is 6.23 Å². The molecule has 1 saturated heterocycles. The summed E-state index contributed by atoms with van der Waals surface area (Å²) in [6.07, 6.45) is 7.54. The monoisotopic (exact) mass is 478 g/mol. The zero-order valence-corrected chi connectivity index (χ0v) is 20.2. The first-order chi connectivity index (χ1) is 17.6. The van der Waals surface area contributed by atoms with Gasteiger partial charge < -0.3 is 9.72 Å². The van der Waals surface area contributed by atoms with Gasteiger partial charge in [-0.05, 0) is 50.6 Å². The minimum atomic E-state index is -0.00370. The summed E-state index contributed by atoms with van der Waals surface area (Å²) < 4.78 is 8.37. The summed E-state index contributed by atoms with van der Waals surface area (Å²) in [5.74, 6) is 2.18. The van der Waals surface area contributed by atoms with E-state index in [0.29, 0.717) is 28.2 Å². The lowest BCUT2D eigenvalue weighted by atomic mass is 9.95. The van der Waals surface area contributed by atoms with E-state index in [4.69, 9.17) is 9.72 Å². The molecule has 36 heavy (non-hydrogen) atoms. The lowest BCUT2D eigenvalue weighted by Crippen LogP contribution is -2.44. The van der Waals surface area contributed by atoms with E-state index < -0.39 is 0 Å². The van der Waals surface area contributed by atoms with Gasteiger partial charge in [-0.2, -0.15) is 10.4 Å². The highest BCUT2D eigenvalue weighted by Gasteiger charge is 2.28. The second-order valence-corrected chi connectivity index (χ2v) is 9.44. The Balaban J connectivity index is 1.16. The van der Waals surface area contributed by atoms with Crippen molar-refractivity contribution < 1.29 is 4.74 Å². The third-order valence-electron chi connectivity index (χ3n) is 6.83. The summed E-state index contributed by atoms with van der Waals surface area (Å²) in [4.78, 5) is 19.2. The summed E-state index contributed by atoms with van der Waals surface area (Å²) in [5.41, 5.74) is 5.39. The second kappa shape index (κ2) is 9.06. The average molecular weight is 479 g/mol. The van der Waals surface area contributed by atoms with Crippen molar-refractivity contribution in [2.75, 3.05) is 13.6 Å². The van der Waals surface area contributed by atoms with E-state index in [1.165, 1.54) is 0 Å². The molecule has 1 N–H and O–H groups in total. The third kappa shape index (κ3) is 4.27. The topological polar surface area (TPSA) is 109 Å². The molecule has 1 aliphatic heterocycles. The number of hydrogen-bond acceptors (Lipinski definition) is 7. The molecule has 2 unspecified atom stereocenters. The largest absolute Gasteiger partial charge is 0.475 e. The first kappa shape index (κ1) is 22.2. The predicted molar refractivity (Wildman–Crippen MR) is 136 cm³/mol. The number of nitrogens with zero attached hydrogens (tertiary/aromatic N) is 7. The number of aromatic nitrogens is 6. The zero-order chi connectivity index (χ0) is 24.6. The number of fused-ring (bicyclic) bond motifs is 2. The fraction of sp³-hybridized carbons (Fsp3) is 0.296. The van der Waals surface area contributed by atoms with Crippen LogP contribution in [0.4, 0.5) is 0 Å². The number of piperidine rings is 1. The van der Waals surface area contributed by atoms with E-state index in [1.54, 1.807) is 12.3 Å². The molecule has 0 amide bonds. The molecule has 2 aromatic carbocycles. The van der Waals surface area contributed by atoms with Crippen LogP contribution in [0.2, 0.25) is 0 Å². The molecule has 0 radical (unpaired) electrons. The Morgan fingerprint density at radius 2 is 2.08 bits per heavy atom. The Bertz CT molecular complexity index is 1600. The summed E-state index contributed by atoms with van der Waals surface area (Å²) >= 11 is 0. The van der Waals surface area contributed by atoms with Crippen LogP contribution in [0, 0.1) is 24.2 Å². The molecule has 1 fully saturated rings. The van der Waals surface area contributed by atoms with Crippen LogP contribution in [-0.4, -0.2) is 54.4 Å². The Labute approximate surface area is 208 Å². The third-order valence-corrected chi connectivity index (χ3v) is 6.83. The van der Waals surface area contributed by atoms with Crippen molar-refractivity contribution in [3.05, 3.63) is 66.4 Å². The molecule has 9 heteroatoms. The van der Waals surface area contributed by atoms with E-state index in [1.807, 2.05) is 54.3 Å². The van der Waals surface area contributed by atoms with Crippen molar-refractivity contribution >= 4 is 22.1 Å². The van der Waals surface area contributed by atoms with Crippen molar-refractivity contribution in [3.8, 4) is 23.1 Å². The molecule has 6 rings (SSSR count).